The van der Waals surface area contributed by atoms with Crippen molar-refractivity contribution in [3.05, 3.63) is 125 Å². The highest BCUT2D eigenvalue weighted by Crippen LogP contribution is 2.32. The van der Waals surface area contributed by atoms with Crippen LogP contribution in [-0.4, -0.2) is 27.8 Å². The molecule has 5 rings (SSSR count). The first-order valence-corrected chi connectivity index (χ1v) is 14.0. The van der Waals surface area contributed by atoms with Crippen molar-refractivity contribution in [2.24, 2.45) is 0 Å². The van der Waals surface area contributed by atoms with E-state index in [0.29, 0.717) is 27.9 Å². The monoisotopic (exact) mass is 588 g/mol. The predicted molar refractivity (Wildman–Crippen MR) is 157 cm³/mol. The highest BCUT2D eigenvalue weighted by molar-refractivity contribution is 7.98. The molecule has 0 saturated heterocycles. The van der Waals surface area contributed by atoms with E-state index in [2.05, 4.69) is 15.5 Å². The van der Waals surface area contributed by atoms with Gasteiger partial charge in [-0.3, -0.25) is 9.36 Å². The van der Waals surface area contributed by atoms with Gasteiger partial charge in [0, 0.05) is 29.1 Å². The average molecular weight is 589 g/mol. The fourth-order valence-electron chi connectivity index (χ4n) is 4.28. The van der Waals surface area contributed by atoms with Crippen LogP contribution in [0.25, 0.3) is 17.1 Å². The minimum Gasteiger partial charge on any atom is -0.497 e. The topological polar surface area (TPSA) is 69.0 Å². The van der Waals surface area contributed by atoms with Gasteiger partial charge in [-0.25, -0.2) is 0 Å². The molecule has 1 aromatic heterocycles. The number of ether oxygens (including phenoxy) is 1. The second kappa shape index (κ2) is 12.5. The van der Waals surface area contributed by atoms with Gasteiger partial charge in [0.05, 0.1) is 12.7 Å². The van der Waals surface area contributed by atoms with Crippen LogP contribution in [0.15, 0.2) is 102 Å². The summed E-state index contributed by atoms with van der Waals surface area (Å²) in [5, 5.41) is 12.4. The Morgan fingerprint density at radius 3 is 2.36 bits per heavy atom. The van der Waals surface area contributed by atoms with E-state index >= 15 is 0 Å². The first-order valence-electron chi connectivity index (χ1n) is 13.0. The molecule has 214 valence electrons. The van der Waals surface area contributed by atoms with E-state index in [1.54, 1.807) is 25.3 Å². The Balaban J connectivity index is 1.29. The van der Waals surface area contributed by atoms with Crippen LogP contribution in [-0.2, 0) is 18.5 Å². The van der Waals surface area contributed by atoms with Crippen LogP contribution in [0.1, 0.15) is 32.6 Å². The molecule has 0 atom stereocenters. The molecule has 1 heterocycles. The highest BCUT2D eigenvalue weighted by Gasteiger charge is 2.30. The number of halogens is 3. The molecular weight excluding hydrogens is 561 g/mol. The summed E-state index contributed by atoms with van der Waals surface area (Å²) in [7, 11) is 1.62. The number of hydrogen-bond donors (Lipinski definition) is 1. The molecule has 0 radical (unpaired) electrons. The number of nitrogens with one attached hydrogen (secondary N) is 1. The highest BCUT2D eigenvalue weighted by atomic mass is 32.2. The maximum absolute atomic E-state index is 13.0. The lowest BCUT2D eigenvalue weighted by Crippen LogP contribution is -2.23. The van der Waals surface area contributed by atoms with Crippen molar-refractivity contribution >= 4 is 17.7 Å². The standard InChI is InChI=1S/C32H27F3N4O2S/c1-21-9-15-27(16-10-21)39-29(25-6-4-8-28(18-25)41-2)37-38-31(39)42-20-22-11-13-24(14-12-22)30(40)36-19-23-5-3-7-26(17-23)32(33,34)35/h3-18H,19-20H2,1-2H3,(H,36,40). The number of alkyl halides is 3. The number of nitrogens with zero attached hydrogens (tertiary/aromatic N) is 3. The van der Waals surface area contributed by atoms with E-state index in [-0.39, 0.29) is 12.5 Å². The van der Waals surface area contributed by atoms with E-state index in [4.69, 9.17) is 4.74 Å². The first kappa shape index (κ1) is 28.9. The number of rotatable bonds is 9. The fourth-order valence-corrected chi connectivity index (χ4v) is 5.19. The van der Waals surface area contributed by atoms with Gasteiger partial charge in [0.1, 0.15) is 5.75 Å². The van der Waals surface area contributed by atoms with Crippen molar-refractivity contribution < 1.29 is 22.7 Å². The van der Waals surface area contributed by atoms with Gasteiger partial charge < -0.3 is 10.1 Å². The minimum absolute atomic E-state index is 0.00928. The molecule has 6 nitrogen and oxygen atoms in total. The summed E-state index contributed by atoms with van der Waals surface area (Å²) in [5.41, 5.74) is 3.95. The summed E-state index contributed by atoms with van der Waals surface area (Å²) in [6.45, 7) is 2.02. The van der Waals surface area contributed by atoms with E-state index < -0.39 is 11.7 Å². The van der Waals surface area contributed by atoms with Gasteiger partial charge in [-0.15, -0.1) is 10.2 Å². The Hall–Kier alpha value is -4.57. The molecule has 0 aliphatic heterocycles. The number of hydrogen-bond acceptors (Lipinski definition) is 5. The molecule has 0 unspecified atom stereocenters. The number of carbonyl (C=O) groups excluding carboxylic acids is 1. The SMILES string of the molecule is COc1cccc(-c2nnc(SCc3ccc(C(=O)NCc4cccc(C(F)(F)F)c4)cc3)n2-c2ccc(C)cc2)c1. The lowest BCUT2D eigenvalue weighted by atomic mass is 10.1. The normalized spacial score (nSPS) is 11.4. The Morgan fingerprint density at radius 2 is 1.64 bits per heavy atom. The predicted octanol–water partition coefficient (Wildman–Crippen LogP) is 7.49. The number of methoxy groups -OCH3 is 1. The zero-order valence-electron chi connectivity index (χ0n) is 22.9. The van der Waals surface area contributed by atoms with Crippen LogP contribution in [0.3, 0.4) is 0 Å². The first-order chi connectivity index (χ1) is 20.2. The lowest BCUT2D eigenvalue weighted by molar-refractivity contribution is -0.137. The molecule has 0 fully saturated rings. The maximum Gasteiger partial charge on any atom is 0.416 e. The molecule has 42 heavy (non-hydrogen) atoms. The number of aryl methyl sites for hydroxylation is 1. The summed E-state index contributed by atoms with van der Waals surface area (Å²) in [4.78, 5) is 12.6. The molecule has 10 heteroatoms. The number of benzene rings is 4. The van der Waals surface area contributed by atoms with E-state index in [9.17, 15) is 18.0 Å². The molecule has 0 aliphatic carbocycles. The number of thioether (sulfide) groups is 1. The van der Waals surface area contributed by atoms with E-state index in [0.717, 1.165) is 40.3 Å². The molecule has 0 bridgehead atoms. The van der Waals surface area contributed by atoms with E-state index in [1.165, 1.54) is 17.8 Å². The zero-order chi connectivity index (χ0) is 29.7. The Labute approximate surface area is 245 Å². The molecule has 4 aromatic carbocycles. The van der Waals surface area contributed by atoms with Gasteiger partial charge in [-0.2, -0.15) is 13.2 Å². The van der Waals surface area contributed by atoms with E-state index in [1.807, 2.05) is 72.2 Å². The molecule has 5 aromatic rings. The lowest BCUT2D eigenvalue weighted by Gasteiger charge is -2.12. The van der Waals surface area contributed by atoms with Crippen molar-refractivity contribution in [1.29, 1.82) is 0 Å². The van der Waals surface area contributed by atoms with Gasteiger partial charge >= 0.3 is 6.18 Å². The van der Waals surface area contributed by atoms with Crippen molar-refractivity contribution in [1.82, 2.24) is 20.1 Å². The van der Waals surface area contributed by atoms with Gasteiger partial charge in [0.2, 0.25) is 0 Å². The molecule has 0 saturated carbocycles. The van der Waals surface area contributed by atoms with Crippen LogP contribution in [0, 0.1) is 6.92 Å². The van der Waals surface area contributed by atoms with Gasteiger partial charge in [-0.1, -0.05) is 65.9 Å². The van der Waals surface area contributed by atoms with Crippen LogP contribution < -0.4 is 10.1 Å². The third-order valence-electron chi connectivity index (χ3n) is 6.54. The summed E-state index contributed by atoms with van der Waals surface area (Å²) >= 11 is 1.52. The average Bonchev–Trinajstić information content (AvgIpc) is 3.43. The number of amides is 1. The van der Waals surface area contributed by atoms with Crippen molar-refractivity contribution in [3.8, 4) is 22.8 Å². The second-order valence-corrected chi connectivity index (χ2v) is 10.5. The minimum atomic E-state index is -4.43. The number of aromatic nitrogens is 3. The van der Waals surface area contributed by atoms with Gasteiger partial charge in [-0.05, 0) is 66.6 Å². The molecular formula is C32H27F3N4O2S. The Kier molecular flexibility index (Phi) is 8.63. The third kappa shape index (κ3) is 6.83. The van der Waals surface area contributed by atoms with Crippen LogP contribution >= 0.6 is 11.8 Å². The summed E-state index contributed by atoms with van der Waals surface area (Å²) in [6, 6.07) is 27.8. The van der Waals surface area contributed by atoms with Gasteiger partial charge in [0.25, 0.3) is 5.91 Å². The summed E-state index contributed by atoms with van der Waals surface area (Å²) in [5.74, 6) is 1.62. The van der Waals surface area contributed by atoms with Crippen LogP contribution in [0.5, 0.6) is 5.75 Å². The smallest absolute Gasteiger partial charge is 0.416 e. The van der Waals surface area contributed by atoms with Gasteiger partial charge in [0.15, 0.2) is 11.0 Å². The zero-order valence-corrected chi connectivity index (χ0v) is 23.7. The largest absolute Gasteiger partial charge is 0.497 e. The Bertz CT molecular complexity index is 1680. The van der Waals surface area contributed by atoms with Crippen molar-refractivity contribution in [2.75, 3.05) is 7.11 Å². The molecule has 1 amide bonds. The Morgan fingerprint density at radius 1 is 0.905 bits per heavy atom. The van der Waals surface area contributed by atoms with Crippen molar-refractivity contribution in [2.45, 2.75) is 30.6 Å². The molecule has 1 N–H and O–H groups in total. The fraction of sp³-hybridized carbons (Fsp3) is 0.156. The number of carbonyl (C=O) groups is 1. The quantitative estimate of drug-likeness (QED) is 0.181. The maximum atomic E-state index is 13.0. The van der Waals surface area contributed by atoms with Crippen molar-refractivity contribution in [3.63, 3.8) is 0 Å². The second-order valence-electron chi connectivity index (χ2n) is 9.58. The molecule has 0 aliphatic rings. The molecule has 0 spiro atoms. The van der Waals surface area contributed by atoms with Crippen LogP contribution in [0.2, 0.25) is 0 Å². The summed E-state index contributed by atoms with van der Waals surface area (Å²) < 4.78 is 46.3. The third-order valence-corrected chi connectivity index (χ3v) is 7.54. The summed E-state index contributed by atoms with van der Waals surface area (Å²) in [6.07, 6.45) is -4.43. The van der Waals surface area contributed by atoms with Crippen LogP contribution in [0.4, 0.5) is 13.2 Å².